The number of nitrogens with one attached hydrogen (secondary N) is 2. The molecule has 1 atom stereocenters. The Morgan fingerprint density at radius 2 is 2.29 bits per heavy atom. The van der Waals surface area contributed by atoms with Crippen molar-refractivity contribution in [3.8, 4) is 0 Å². The SMILES string of the molecule is Cc1noc(C)c1C(=O)NC1CCc2n[nH]c(=O)cc2C1. The molecule has 1 aliphatic carbocycles. The van der Waals surface area contributed by atoms with Gasteiger partial charge in [-0.25, -0.2) is 5.10 Å². The average Bonchev–Trinajstić information content (AvgIpc) is 2.77. The van der Waals surface area contributed by atoms with Crippen molar-refractivity contribution in [3.05, 3.63) is 44.7 Å². The summed E-state index contributed by atoms with van der Waals surface area (Å²) in [6.07, 6.45) is 2.14. The molecule has 1 unspecified atom stereocenters. The lowest BCUT2D eigenvalue weighted by atomic mass is 9.92. The maximum absolute atomic E-state index is 12.3. The van der Waals surface area contributed by atoms with E-state index in [0.29, 0.717) is 23.4 Å². The molecule has 3 rings (SSSR count). The number of H-pyrrole nitrogens is 1. The molecule has 7 heteroatoms. The molecule has 7 nitrogen and oxygen atoms in total. The summed E-state index contributed by atoms with van der Waals surface area (Å²) in [5.74, 6) is 0.330. The third kappa shape index (κ3) is 2.58. The van der Waals surface area contributed by atoms with Crippen LogP contribution < -0.4 is 10.9 Å². The van der Waals surface area contributed by atoms with Gasteiger partial charge in [-0.05, 0) is 38.7 Å². The monoisotopic (exact) mass is 288 g/mol. The molecule has 1 aliphatic rings. The molecule has 0 bridgehead atoms. The maximum atomic E-state index is 12.3. The Hall–Kier alpha value is -2.44. The number of aromatic nitrogens is 3. The number of hydrogen-bond acceptors (Lipinski definition) is 5. The summed E-state index contributed by atoms with van der Waals surface area (Å²) in [7, 11) is 0. The number of fused-ring (bicyclic) bond motifs is 1. The van der Waals surface area contributed by atoms with E-state index in [-0.39, 0.29) is 17.5 Å². The first-order valence-electron chi connectivity index (χ1n) is 6.86. The van der Waals surface area contributed by atoms with E-state index in [9.17, 15) is 9.59 Å². The first-order valence-corrected chi connectivity index (χ1v) is 6.86. The van der Waals surface area contributed by atoms with Crippen molar-refractivity contribution in [2.75, 3.05) is 0 Å². The Morgan fingerprint density at radius 3 is 3.00 bits per heavy atom. The molecule has 0 aromatic carbocycles. The minimum Gasteiger partial charge on any atom is -0.361 e. The van der Waals surface area contributed by atoms with E-state index in [1.807, 2.05) is 0 Å². The molecule has 0 saturated carbocycles. The van der Waals surface area contributed by atoms with Gasteiger partial charge < -0.3 is 9.84 Å². The molecule has 2 aromatic heterocycles. The van der Waals surface area contributed by atoms with E-state index in [0.717, 1.165) is 24.1 Å². The molecule has 110 valence electrons. The number of carbonyl (C=O) groups is 1. The van der Waals surface area contributed by atoms with E-state index in [2.05, 4.69) is 20.7 Å². The van der Waals surface area contributed by atoms with Gasteiger partial charge in [-0.2, -0.15) is 5.10 Å². The summed E-state index contributed by atoms with van der Waals surface area (Å²) in [5, 5.41) is 13.2. The van der Waals surface area contributed by atoms with Crippen LogP contribution in [0.15, 0.2) is 15.4 Å². The molecular weight excluding hydrogens is 272 g/mol. The number of amides is 1. The van der Waals surface area contributed by atoms with Crippen LogP contribution in [0, 0.1) is 13.8 Å². The number of aromatic amines is 1. The molecule has 1 amide bonds. The lowest BCUT2D eigenvalue weighted by Gasteiger charge is -2.24. The van der Waals surface area contributed by atoms with Crippen LogP contribution in [0.4, 0.5) is 0 Å². The second-order valence-electron chi connectivity index (χ2n) is 5.32. The third-order valence-electron chi connectivity index (χ3n) is 3.77. The van der Waals surface area contributed by atoms with Crippen molar-refractivity contribution in [1.82, 2.24) is 20.7 Å². The Bertz CT molecular complexity index is 727. The quantitative estimate of drug-likeness (QED) is 0.845. The van der Waals surface area contributed by atoms with Gasteiger partial charge in [0.05, 0.1) is 11.4 Å². The summed E-state index contributed by atoms with van der Waals surface area (Å²) < 4.78 is 5.01. The molecule has 2 heterocycles. The highest BCUT2D eigenvalue weighted by Gasteiger charge is 2.24. The maximum Gasteiger partial charge on any atom is 0.264 e. The van der Waals surface area contributed by atoms with E-state index in [1.54, 1.807) is 19.9 Å². The normalized spacial score (nSPS) is 17.3. The first kappa shape index (κ1) is 13.5. The molecule has 0 aliphatic heterocycles. The topological polar surface area (TPSA) is 101 Å². The zero-order chi connectivity index (χ0) is 15.0. The fraction of sp³-hybridized carbons (Fsp3) is 0.429. The van der Waals surface area contributed by atoms with Crippen LogP contribution in [-0.4, -0.2) is 27.3 Å². The second-order valence-corrected chi connectivity index (χ2v) is 5.32. The summed E-state index contributed by atoms with van der Waals surface area (Å²) >= 11 is 0. The Morgan fingerprint density at radius 1 is 1.48 bits per heavy atom. The number of carbonyl (C=O) groups excluding carboxylic acids is 1. The van der Waals surface area contributed by atoms with Crippen LogP contribution in [-0.2, 0) is 12.8 Å². The van der Waals surface area contributed by atoms with Gasteiger partial charge in [-0.1, -0.05) is 5.16 Å². The van der Waals surface area contributed by atoms with Crippen molar-refractivity contribution in [2.45, 2.75) is 39.2 Å². The molecule has 0 radical (unpaired) electrons. The van der Waals surface area contributed by atoms with Crippen molar-refractivity contribution in [2.24, 2.45) is 0 Å². The van der Waals surface area contributed by atoms with Crippen molar-refractivity contribution < 1.29 is 9.32 Å². The Kier molecular flexibility index (Phi) is 3.32. The molecule has 0 saturated heterocycles. The van der Waals surface area contributed by atoms with Crippen LogP contribution in [0.1, 0.15) is 39.5 Å². The predicted octanol–water partition coefficient (Wildman–Crippen LogP) is 0.662. The first-order chi connectivity index (χ1) is 10.0. The number of aryl methyl sites for hydroxylation is 3. The lowest BCUT2D eigenvalue weighted by molar-refractivity contribution is 0.0931. The van der Waals surface area contributed by atoms with Crippen molar-refractivity contribution in [1.29, 1.82) is 0 Å². The fourth-order valence-electron chi connectivity index (χ4n) is 2.73. The van der Waals surface area contributed by atoms with E-state index in [1.165, 1.54) is 0 Å². The van der Waals surface area contributed by atoms with Gasteiger partial charge in [0, 0.05) is 12.1 Å². The molecular formula is C14H16N4O3. The van der Waals surface area contributed by atoms with Gasteiger partial charge in [0.25, 0.3) is 11.5 Å². The second kappa shape index (κ2) is 5.16. The predicted molar refractivity (Wildman–Crippen MR) is 74.1 cm³/mol. The zero-order valence-corrected chi connectivity index (χ0v) is 11.9. The van der Waals surface area contributed by atoms with Gasteiger partial charge >= 0.3 is 0 Å². The standard InChI is InChI=1S/C14H16N4O3/c1-7-13(8(2)21-18-7)14(20)15-10-3-4-11-9(5-10)6-12(19)17-16-11/h6,10H,3-5H2,1-2H3,(H,15,20)(H,17,19). The highest BCUT2D eigenvalue weighted by molar-refractivity contribution is 5.96. The van der Waals surface area contributed by atoms with Crippen molar-refractivity contribution in [3.63, 3.8) is 0 Å². The van der Waals surface area contributed by atoms with E-state index in [4.69, 9.17) is 4.52 Å². The molecule has 0 spiro atoms. The summed E-state index contributed by atoms with van der Waals surface area (Å²) in [5.41, 5.74) is 2.65. The number of nitrogens with zero attached hydrogens (tertiary/aromatic N) is 2. The largest absolute Gasteiger partial charge is 0.361 e. The van der Waals surface area contributed by atoms with Gasteiger partial charge in [0.15, 0.2) is 0 Å². The summed E-state index contributed by atoms with van der Waals surface area (Å²) in [6.45, 7) is 3.46. The highest BCUT2D eigenvalue weighted by Crippen LogP contribution is 2.19. The van der Waals surface area contributed by atoms with E-state index >= 15 is 0 Å². The van der Waals surface area contributed by atoms with Crippen molar-refractivity contribution >= 4 is 5.91 Å². The molecule has 21 heavy (non-hydrogen) atoms. The average molecular weight is 288 g/mol. The molecule has 2 N–H and O–H groups in total. The van der Waals surface area contributed by atoms with Gasteiger partial charge in [0.1, 0.15) is 11.3 Å². The van der Waals surface area contributed by atoms with Crippen LogP contribution in [0.5, 0.6) is 0 Å². The summed E-state index contributed by atoms with van der Waals surface area (Å²) in [6, 6.07) is 1.54. The van der Waals surface area contributed by atoms with Crippen LogP contribution >= 0.6 is 0 Å². The third-order valence-corrected chi connectivity index (χ3v) is 3.77. The summed E-state index contributed by atoms with van der Waals surface area (Å²) in [4.78, 5) is 23.6. The fourth-order valence-corrected chi connectivity index (χ4v) is 2.73. The minimum absolute atomic E-state index is 0.0118. The number of hydrogen-bond donors (Lipinski definition) is 2. The van der Waals surface area contributed by atoms with E-state index < -0.39 is 0 Å². The van der Waals surface area contributed by atoms with Crippen LogP contribution in [0.3, 0.4) is 0 Å². The lowest BCUT2D eigenvalue weighted by Crippen LogP contribution is -2.40. The molecule has 0 fully saturated rings. The number of rotatable bonds is 2. The molecule has 2 aromatic rings. The smallest absolute Gasteiger partial charge is 0.264 e. The van der Waals surface area contributed by atoms with Crippen LogP contribution in [0.25, 0.3) is 0 Å². The van der Waals surface area contributed by atoms with Gasteiger partial charge in [-0.15, -0.1) is 0 Å². The Balaban J connectivity index is 1.75. The van der Waals surface area contributed by atoms with Gasteiger partial charge in [0.2, 0.25) is 0 Å². The Labute approximate surface area is 120 Å². The highest BCUT2D eigenvalue weighted by atomic mass is 16.5. The minimum atomic E-state index is -0.216. The zero-order valence-electron chi connectivity index (χ0n) is 11.9. The van der Waals surface area contributed by atoms with Crippen LogP contribution in [0.2, 0.25) is 0 Å². The van der Waals surface area contributed by atoms with Gasteiger partial charge in [-0.3, -0.25) is 9.59 Å².